The summed E-state index contributed by atoms with van der Waals surface area (Å²) >= 11 is 0. The topological polar surface area (TPSA) is 319 Å². The minimum atomic E-state index is -5.09. The minimum absolute atomic E-state index is 0.0432. The zero-order chi connectivity index (χ0) is 33.2. The first kappa shape index (κ1) is 32.1. The third-order valence-corrected chi connectivity index (χ3v) is 9.53. The molecule has 4 aromatic rings. The number of nitrogen functional groups attached to an aromatic ring is 2. The van der Waals surface area contributed by atoms with Crippen molar-refractivity contribution in [1.29, 1.82) is 0 Å². The van der Waals surface area contributed by atoms with Crippen molar-refractivity contribution in [3.63, 3.8) is 0 Å². The maximum Gasteiger partial charge on any atom is 0.472 e. The van der Waals surface area contributed by atoms with E-state index in [-0.39, 0.29) is 46.6 Å². The molecule has 23 nitrogen and oxygen atoms in total. The van der Waals surface area contributed by atoms with Crippen LogP contribution in [0.1, 0.15) is 19.4 Å². The molecule has 0 amide bonds. The Morgan fingerprint density at radius 1 is 0.851 bits per heavy atom. The Hall–Kier alpha value is -3.44. The Labute approximate surface area is 262 Å². The summed E-state index contributed by atoms with van der Waals surface area (Å²) in [6, 6.07) is 0. The average Bonchev–Trinajstić information content (AvgIpc) is 3.77. The summed E-state index contributed by atoms with van der Waals surface area (Å²) < 4.78 is 67.2. The zero-order valence-corrected chi connectivity index (χ0v) is 25.9. The average molecular weight is 702 g/mol. The molecule has 47 heavy (non-hydrogen) atoms. The van der Waals surface area contributed by atoms with E-state index in [1.54, 1.807) is 6.92 Å². The zero-order valence-electron chi connectivity index (χ0n) is 24.1. The Kier molecular flexibility index (Phi) is 8.14. The van der Waals surface area contributed by atoms with Gasteiger partial charge >= 0.3 is 15.6 Å². The number of aliphatic hydroxyl groups excluding tert-OH is 2. The number of ether oxygens (including phenoxy) is 3. The Bertz CT molecular complexity index is 1910. The summed E-state index contributed by atoms with van der Waals surface area (Å²) in [4.78, 5) is 45.9. The van der Waals surface area contributed by atoms with Gasteiger partial charge in [0.25, 0.3) is 0 Å². The first-order valence-electron chi connectivity index (χ1n) is 13.9. The molecule has 0 saturated carbocycles. The molecular formula is C22H28N10O13P2. The first-order chi connectivity index (χ1) is 22.4. The number of anilines is 2. The predicted octanol–water partition coefficient (Wildman–Crippen LogP) is -1.24. The molecule has 10 atom stereocenters. The molecule has 0 aliphatic carbocycles. The molecule has 254 valence electrons. The third kappa shape index (κ3) is 5.83. The van der Waals surface area contributed by atoms with Gasteiger partial charge in [-0.2, -0.15) is 9.97 Å². The number of phosphoric acid groups is 2. The second-order valence-corrected chi connectivity index (χ2v) is 13.3. The summed E-state index contributed by atoms with van der Waals surface area (Å²) in [6.07, 6.45) is -8.80. The van der Waals surface area contributed by atoms with Crippen LogP contribution < -0.4 is 16.2 Å². The van der Waals surface area contributed by atoms with Crippen molar-refractivity contribution in [1.82, 2.24) is 39.0 Å². The Morgan fingerprint density at radius 3 is 2.21 bits per heavy atom. The van der Waals surface area contributed by atoms with Gasteiger partial charge in [0.2, 0.25) is 11.8 Å². The Balaban J connectivity index is 1.20. The summed E-state index contributed by atoms with van der Waals surface area (Å²) in [6.45, 7) is 0.342. The number of phosphoric ester groups is 2. The molecule has 3 aliphatic rings. The van der Waals surface area contributed by atoms with Gasteiger partial charge in [0.1, 0.15) is 48.5 Å². The summed E-state index contributed by atoms with van der Waals surface area (Å²) in [5, 5.41) is 22.3. The highest BCUT2D eigenvalue weighted by molar-refractivity contribution is 7.47. The van der Waals surface area contributed by atoms with Crippen molar-refractivity contribution in [2.24, 2.45) is 0 Å². The number of hydrogen-bond acceptors (Lipinski definition) is 19. The fourth-order valence-corrected chi connectivity index (χ4v) is 7.39. The highest BCUT2D eigenvalue weighted by Gasteiger charge is 2.54. The monoisotopic (exact) mass is 702 g/mol. The molecule has 2 bridgehead atoms. The van der Waals surface area contributed by atoms with E-state index in [0.29, 0.717) is 0 Å². The Morgan fingerprint density at radius 2 is 1.49 bits per heavy atom. The van der Waals surface area contributed by atoms with Gasteiger partial charge in [0, 0.05) is 0 Å². The standard InChI is InChI=1S/C22H28N10O13P2/c1-2-39-19-11-18(29-22(24)30-19)32(7-28-11)21-15-12(33)8(42-21)3-40-46(35,36)44-14-9(4-41-47(37,38)45-15)43-20(13(14)34)31-6-27-10-16(23)25-5-26-17(10)31/h5-9,12-15,20-21,33-34H,2-4H2,1H3,(H,35,36)(H,37,38)(H2,23,25,26)(H2,24,29,30). The van der Waals surface area contributed by atoms with Gasteiger partial charge in [-0.05, 0) is 6.92 Å². The molecule has 0 radical (unpaired) electrons. The van der Waals surface area contributed by atoms with Crippen molar-refractivity contribution < 1.29 is 61.4 Å². The van der Waals surface area contributed by atoms with Crippen molar-refractivity contribution >= 4 is 49.7 Å². The molecule has 3 fully saturated rings. The fraction of sp³-hybridized carbons (Fsp3) is 0.545. The number of imidazole rings is 2. The quantitative estimate of drug-likeness (QED) is 0.135. The molecule has 3 aliphatic heterocycles. The molecular weight excluding hydrogens is 674 g/mol. The van der Waals surface area contributed by atoms with Crippen LogP contribution in [0.5, 0.6) is 5.88 Å². The van der Waals surface area contributed by atoms with Gasteiger partial charge < -0.3 is 45.7 Å². The van der Waals surface area contributed by atoms with Crippen LogP contribution in [-0.4, -0.2) is 115 Å². The van der Waals surface area contributed by atoms with Crippen LogP contribution in [0.3, 0.4) is 0 Å². The van der Waals surface area contributed by atoms with Crippen LogP contribution in [0.25, 0.3) is 22.3 Å². The smallest absolute Gasteiger partial charge is 0.472 e. The van der Waals surface area contributed by atoms with Crippen molar-refractivity contribution in [3.05, 3.63) is 19.0 Å². The van der Waals surface area contributed by atoms with E-state index in [0.717, 1.165) is 6.33 Å². The second-order valence-electron chi connectivity index (χ2n) is 10.5. The molecule has 7 rings (SSSR count). The number of nitrogens with zero attached hydrogens (tertiary/aromatic N) is 8. The SMILES string of the molecule is CCOc1nc(N)nc2c1ncn2C1OC2COP(=O)(O)OC3C(COP(=O)(O)OC1C2O)OC(n1cnc2c(N)ncnc21)C3O. The number of nitrogens with two attached hydrogens (primary N) is 2. The van der Waals surface area contributed by atoms with E-state index < -0.39 is 77.9 Å². The normalized spacial score (nSPS) is 36.5. The third-order valence-electron chi connectivity index (χ3n) is 7.56. The molecule has 25 heteroatoms. The van der Waals surface area contributed by atoms with Crippen LogP contribution in [0.2, 0.25) is 0 Å². The van der Waals surface area contributed by atoms with E-state index >= 15 is 0 Å². The number of aromatic nitrogens is 8. The van der Waals surface area contributed by atoms with E-state index in [2.05, 4.69) is 29.9 Å². The van der Waals surface area contributed by atoms with Crippen LogP contribution >= 0.6 is 15.6 Å². The molecule has 3 saturated heterocycles. The lowest BCUT2D eigenvalue weighted by atomic mass is 10.1. The fourth-order valence-electron chi connectivity index (χ4n) is 5.50. The van der Waals surface area contributed by atoms with Crippen molar-refractivity contribution in [3.8, 4) is 5.88 Å². The number of rotatable bonds is 4. The lowest BCUT2D eigenvalue weighted by molar-refractivity contribution is -0.0672. The molecule has 8 N–H and O–H groups in total. The van der Waals surface area contributed by atoms with Crippen molar-refractivity contribution in [2.75, 3.05) is 31.3 Å². The lowest BCUT2D eigenvalue weighted by Gasteiger charge is -2.25. The highest BCUT2D eigenvalue weighted by Crippen LogP contribution is 2.53. The largest absolute Gasteiger partial charge is 0.476 e. The highest BCUT2D eigenvalue weighted by atomic mass is 31.2. The molecule has 7 heterocycles. The first-order valence-corrected chi connectivity index (χ1v) is 16.9. The van der Waals surface area contributed by atoms with E-state index in [1.165, 1.54) is 21.8 Å². The van der Waals surface area contributed by atoms with Gasteiger partial charge in [-0.25, -0.2) is 29.1 Å². The van der Waals surface area contributed by atoms with Crippen LogP contribution in [0.4, 0.5) is 11.8 Å². The number of fused-ring (bicyclic) bond motifs is 5. The molecule has 0 aromatic carbocycles. The van der Waals surface area contributed by atoms with Crippen LogP contribution in [0, 0.1) is 0 Å². The number of aliphatic hydroxyl groups is 2. The van der Waals surface area contributed by atoms with Gasteiger partial charge in [-0.3, -0.25) is 27.2 Å². The molecule has 0 spiro atoms. The van der Waals surface area contributed by atoms with Crippen molar-refractivity contribution in [2.45, 2.75) is 56.0 Å². The van der Waals surface area contributed by atoms with E-state index in [4.69, 9.17) is 43.8 Å². The summed E-state index contributed by atoms with van der Waals surface area (Å²) in [7, 11) is -10.1. The van der Waals surface area contributed by atoms with Crippen LogP contribution in [-0.2, 0) is 36.7 Å². The van der Waals surface area contributed by atoms with Gasteiger partial charge in [0.05, 0.1) is 32.5 Å². The van der Waals surface area contributed by atoms with Crippen LogP contribution in [0.15, 0.2) is 19.0 Å². The van der Waals surface area contributed by atoms with Gasteiger partial charge in [-0.1, -0.05) is 0 Å². The molecule has 10 unspecified atom stereocenters. The van der Waals surface area contributed by atoms with E-state index in [9.17, 15) is 29.1 Å². The van der Waals surface area contributed by atoms with Gasteiger partial charge in [-0.15, -0.1) is 0 Å². The van der Waals surface area contributed by atoms with E-state index in [1.807, 2.05) is 0 Å². The number of hydrogen-bond donors (Lipinski definition) is 6. The summed E-state index contributed by atoms with van der Waals surface area (Å²) in [5.41, 5.74) is 12.2. The maximum atomic E-state index is 13.3. The lowest BCUT2D eigenvalue weighted by Crippen LogP contribution is -2.36. The summed E-state index contributed by atoms with van der Waals surface area (Å²) in [5.74, 6) is -0.101. The molecule has 4 aromatic heterocycles. The maximum absolute atomic E-state index is 13.3. The second kappa shape index (κ2) is 11.9. The predicted molar refractivity (Wildman–Crippen MR) is 152 cm³/mol. The van der Waals surface area contributed by atoms with Gasteiger partial charge in [0.15, 0.2) is 35.1 Å². The minimum Gasteiger partial charge on any atom is -0.476 e.